The molecule has 5 heteroatoms. The molecule has 116 valence electrons. The molecule has 3 atom stereocenters. The summed E-state index contributed by atoms with van der Waals surface area (Å²) in [6.07, 6.45) is 7.99. The predicted molar refractivity (Wildman–Crippen MR) is 77.2 cm³/mol. The average molecular weight is 284 g/mol. The predicted octanol–water partition coefficient (Wildman–Crippen LogP) is 0.940. The van der Waals surface area contributed by atoms with E-state index in [1.807, 2.05) is 0 Å². The van der Waals surface area contributed by atoms with Crippen LogP contribution in [0.3, 0.4) is 0 Å². The average Bonchev–Trinajstić information content (AvgIpc) is 2.50. The van der Waals surface area contributed by atoms with E-state index in [1.54, 1.807) is 0 Å². The van der Waals surface area contributed by atoms with Gasteiger partial charge in [0.1, 0.15) is 6.10 Å². The van der Waals surface area contributed by atoms with Crippen LogP contribution in [-0.4, -0.2) is 42.4 Å². The molecule has 0 aromatic rings. The number of carbonyl (C=O) groups excluding carboxylic acids is 1. The molecule has 2 aliphatic rings. The smallest absolute Gasteiger partial charge is 0.223 e. The fourth-order valence-corrected chi connectivity index (χ4v) is 3.36. The maximum Gasteiger partial charge on any atom is 0.223 e. The van der Waals surface area contributed by atoms with E-state index in [0.29, 0.717) is 6.54 Å². The van der Waals surface area contributed by atoms with Crippen molar-refractivity contribution in [2.24, 2.45) is 11.7 Å². The van der Waals surface area contributed by atoms with Crippen LogP contribution in [0.4, 0.5) is 0 Å². The van der Waals surface area contributed by atoms with Gasteiger partial charge < -0.3 is 20.9 Å². The van der Waals surface area contributed by atoms with E-state index in [0.717, 1.165) is 44.9 Å². The zero-order chi connectivity index (χ0) is 14.4. The number of rotatable bonds is 5. The summed E-state index contributed by atoms with van der Waals surface area (Å²) in [5, 5.41) is 12.6. The molecule has 0 radical (unpaired) electrons. The lowest BCUT2D eigenvalue weighted by Gasteiger charge is -2.37. The number of ether oxygens (including phenoxy) is 1. The Bertz CT molecular complexity index is 305. The molecule has 20 heavy (non-hydrogen) atoms. The molecule has 1 saturated carbocycles. The monoisotopic (exact) mass is 284 g/mol. The Morgan fingerprint density at radius 1 is 1.20 bits per heavy atom. The van der Waals surface area contributed by atoms with Crippen molar-refractivity contribution in [2.45, 2.75) is 69.6 Å². The Kier molecular flexibility index (Phi) is 6.26. The van der Waals surface area contributed by atoms with Crippen LogP contribution in [0.25, 0.3) is 0 Å². The van der Waals surface area contributed by atoms with Crippen molar-refractivity contribution in [1.82, 2.24) is 5.32 Å². The summed E-state index contributed by atoms with van der Waals surface area (Å²) in [6, 6.07) is -0.0524. The normalized spacial score (nSPS) is 32.0. The molecule has 1 amide bonds. The Morgan fingerprint density at radius 3 is 2.60 bits per heavy atom. The molecule has 2 rings (SSSR count). The minimum atomic E-state index is -0.284. The van der Waals surface area contributed by atoms with Crippen LogP contribution >= 0.6 is 0 Å². The van der Waals surface area contributed by atoms with Gasteiger partial charge in [0.25, 0.3) is 0 Å². The number of hydrogen-bond donors (Lipinski definition) is 3. The third kappa shape index (κ3) is 4.17. The molecule has 0 aromatic carbocycles. The highest BCUT2D eigenvalue weighted by molar-refractivity contribution is 5.79. The Hall–Kier alpha value is -0.650. The van der Waals surface area contributed by atoms with Gasteiger partial charge in [-0.25, -0.2) is 0 Å². The lowest BCUT2D eigenvalue weighted by Crippen LogP contribution is -2.52. The van der Waals surface area contributed by atoms with Crippen LogP contribution in [0, 0.1) is 5.92 Å². The molecule has 5 nitrogen and oxygen atoms in total. The van der Waals surface area contributed by atoms with Gasteiger partial charge in [-0.2, -0.15) is 0 Å². The molecule has 0 spiro atoms. The van der Waals surface area contributed by atoms with Crippen LogP contribution in [0.1, 0.15) is 51.4 Å². The summed E-state index contributed by atoms with van der Waals surface area (Å²) in [4.78, 5) is 12.3. The lowest BCUT2D eigenvalue weighted by molar-refractivity contribution is -0.132. The van der Waals surface area contributed by atoms with Crippen molar-refractivity contribution in [3.8, 4) is 0 Å². The van der Waals surface area contributed by atoms with E-state index in [2.05, 4.69) is 5.32 Å². The Labute approximate surface area is 121 Å². The first kappa shape index (κ1) is 15.7. The largest absolute Gasteiger partial charge is 0.394 e. The van der Waals surface area contributed by atoms with Crippen LogP contribution in [0.5, 0.6) is 0 Å². The van der Waals surface area contributed by atoms with Crippen LogP contribution < -0.4 is 11.1 Å². The molecular formula is C15H28N2O3. The van der Waals surface area contributed by atoms with Gasteiger partial charge in [-0.3, -0.25) is 4.79 Å². The van der Waals surface area contributed by atoms with Crippen molar-refractivity contribution < 1.29 is 14.6 Å². The first-order valence-electron chi connectivity index (χ1n) is 8.01. The highest BCUT2D eigenvalue weighted by Crippen LogP contribution is 2.26. The highest BCUT2D eigenvalue weighted by atomic mass is 16.5. The molecule has 0 unspecified atom stereocenters. The molecule has 1 aliphatic heterocycles. The SMILES string of the molecule is NCC[C@H]1CC[C@@H](NC(=O)C2CCCCC2)[C@H](CO)O1. The quantitative estimate of drug-likeness (QED) is 0.701. The Morgan fingerprint density at radius 2 is 1.95 bits per heavy atom. The second-order valence-corrected chi connectivity index (χ2v) is 6.08. The second-order valence-electron chi connectivity index (χ2n) is 6.08. The third-order valence-corrected chi connectivity index (χ3v) is 4.59. The van der Waals surface area contributed by atoms with E-state index in [-0.39, 0.29) is 36.7 Å². The minimum absolute atomic E-state index is 0.0450. The molecule has 1 heterocycles. The van der Waals surface area contributed by atoms with E-state index >= 15 is 0 Å². The van der Waals surface area contributed by atoms with Crippen molar-refractivity contribution in [3.63, 3.8) is 0 Å². The standard InChI is InChI=1S/C15H28N2O3/c16-9-8-12-6-7-13(14(10-18)20-12)17-15(19)11-4-2-1-3-5-11/h11-14,18H,1-10,16H2,(H,17,19)/t12-,13-,14+/m1/s1. The summed E-state index contributed by atoms with van der Waals surface area (Å²) in [5.41, 5.74) is 5.55. The van der Waals surface area contributed by atoms with Gasteiger partial charge in [-0.05, 0) is 38.6 Å². The van der Waals surface area contributed by atoms with Gasteiger partial charge in [-0.15, -0.1) is 0 Å². The zero-order valence-electron chi connectivity index (χ0n) is 12.2. The lowest BCUT2D eigenvalue weighted by atomic mass is 9.88. The van der Waals surface area contributed by atoms with Gasteiger partial charge in [0.2, 0.25) is 5.91 Å². The number of nitrogens with one attached hydrogen (secondary N) is 1. The number of hydrogen-bond acceptors (Lipinski definition) is 4. The highest BCUT2D eigenvalue weighted by Gasteiger charge is 2.33. The maximum atomic E-state index is 12.3. The van der Waals surface area contributed by atoms with Crippen LogP contribution in [0.2, 0.25) is 0 Å². The molecule has 2 fully saturated rings. The first-order valence-corrected chi connectivity index (χ1v) is 8.01. The van der Waals surface area contributed by atoms with E-state index < -0.39 is 0 Å². The summed E-state index contributed by atoms with van der Waals surface area (Å²) in [6.45, 7) is 0.554. The second kappa shape index (κ2) is 7.96. The summed E-state index contributed by atoms with van der Waals surface area (Å²) < 4.78 is 5.83. The Balaban J connectivity index is 1.83. The van der Waals surface area contributed by atoms with E-state index in [4.69, 9.17) is 10.5 Å². The molecule has 4 N–H and O–H groups in total. The van der Waals surface area contributed by atoms with Gasteiger partial charge >= 0.3 is 0 Å². The van der Waals surface area contributed by atoms with Crippen molar-refractivity contribution in [2.75, 3.05) is 13.2 Å². The number of nitrogens with two attached hydrogens (primary N) is 1. The topological polar surface area (TPSA) is 84.6 Å². The number of carbonyl (C=O) groups is 1. The summed E-state index contributed by atoms with van der Waals surface area (Å²) in [5.74, 6) is 0.305. The number of amides is 1. The summed E-state index contributed by atoms with van der Waals surface area (Å²) in [7, 11) is 0. The van der Waals surface area contributed by atoms with Gasteiger partial charge in [0.15, 0.2) is 0 Å². The van der Waals surface area contributed by atoms with E-state index in [9.17, 15) is 9.90 Å². The van der Waals surface area contributed by atoms with Crippen molar-refractivity contribution in [3.05, 3.63) is 0 Å². The molecule has 0 aromatic heterocycles. The summed E-state index contributed by atoms with van der Waals surface area (Å²) >= 11 is 0. The molecule has 0 bridgehead atoms. The van der Waals surface area contributed by atoms with E-state index in [1.165, 1.54) is 6.42 Å². The molecule has 1 aliphatic carbocycles. The van der Waals surface area contributed by atoms with Gasteiger partial charge in [0.05, 0.1) is 18.8 Å². The fraction of sp³-hybridized carbons (Fsp3) is 0.933. The molecular weight excluding hydrogens is 256 g/mol. The third-order valence-electron chi connectivity index (χ3n) is 4.59. The van der Waals surface area contributed by atoms with Crippen molar-refractivity contribution >= 4 is 5.91 Å². The van der Waals surface area contributed by atoms with Crippen molar-refractivity contribution in [1.29, 1.82) is 0 Å². The van der Waals surface area contributed by atoms with Crippen LogP contribution in [0.15, 0.2) is 0 Å². The number of aliphatic hydroxyl groups excluding tert-OH is 1. The minimum Gasteiger partial charge on any atom is -0.394 e. The molecule has 1 saturated heterocycles. The zero-order valence-corrected chi connectivity index (χ0v) is 12.2. The van der Waals surface area contributed by atoms with Gasteiger partial charge in [0, 0.05) is 5.92 Å². The van der Waals surface area contributed by atoms with Crippen LogP contribution in [-0.2, 0) is 9.53 Å². The fourth-order valence-electron chi connectivity index (χ4n) is 3.36. The number of aliphatic hydroxyl groups is 1. The first-order chi connectivity index (χ1) is 9.74. The van der Waals surface area contributed by atoms with Gasteiger partial charge in [-0.1, -0.05) is 19.3 Å². The maximum absolute atomic E-state index is 12.3.